The van der Waals surface area contributed by atoms with Gasteiger partial charge < -0.3 is 5.11 Å². The van der Waals surface area contributed by atoms with Crippen molar-refractivity contribution in [3.63, 3.8) is 0 Å². The number of hydrogen-bond acceptors (Lipinski definition) is 6. The number of aromatic carboxylic acids is 1. The van der Waals surface area contributed by atoms with E-state index in [9.17, 15) is 4.79 Å². The molecule has 2 aromatic rings. The Kier molecular flexibility index (Phi) is 2.70. The molecule has 17 heavy (non-hydrogen) atoms. The predicted molar refractivity (Wildman–Crippen MR) is 54.7 cm³/mol. The Morgan fingerprint density at radius 2 is 1.82 bits per heavy atom. The van der Waals surface area contributed by atoms with Crippen LogP contribution in [-0.2, 0) is 0 Å². The average Bonchev–Trinajstić information content (AvgIpc) is 2.39. The average molecular weight is 227 g/mol. The van der Waals surface area contributed by atoms with Crippen molar-refractivity contribution in [2.45, 2.75) is 0 Å². The van der Waals surface area contributed by atoms with E-state index in [4.69, 9.17) is 10.4 Å². The first-order valence-corrected chi connectivity index (χ1v) is 4.49. The van der Waals surface area contributed by atoms with E-state index in [1.165, 1.54) is 24.8 Å². The van der Waals surface area contributed by atoms with Crippen LogP contribution in [0.5, 0.6) is 0 Å². The summed E-state index contributed by atoms with van der Waals surface area (Å²) in [6.45, 7) is 0. The minimum absolute atomic E-state index is 0.0736. The first-order valence-electron chi connectivity index (χ1n) is 4.49. The van der Waals surface area contributed by atoms with Gasteiger partial charge in [-0.1, -0.05) is 0 Å². The van der Waals surface area contributed by atoms with E-state index in [0.29, 0.717) is 0 Å². The summed E-state index contributed by atoms with van der Waals surface area (Å²) in [5, 5.41) is 17.5. The van der Waals surface area contributed by atoms with Crippen molar-refractivity contribution in [1.29, 1.82) is 5.26 Å². The Morgan fingerprint density at radius 1 is 1.18 bits per heavy atom. The topological polar surface area (TPSA) is 113 Å². The maximum Gasteiger partial charge on any atom is 0.356 e. The fourth-order valence-electron chi connectivity index (χ4n) is 1.17. The van der Waals surface area contributed by atoms with Crippen LogP contribution in [0.1, 0.15) is 16.1 Å². The molecule has 2 rings (SSSR count). The number of carboxylic acid groups (broad SMARTS) is 1. The van der Waals surface area contributed by atoms with Gasteiger partial charge in [0.15, 0.2) is 11.5 Å². The zero-order valence-electron chi connectivity index (χ0n) is 8.40. The highest BCUT2D eigenvalue weighted by atomic mass is 16.4. The summed E-state index contributed by atoms with van der Waals surface area (Å²) in [6.07, 6.45) is 5.21. The predicted octanol–water partition coefficient (Wildman–Crippen LogP) is 0.503. The van der Waals surface area contributed by atoms with Gasteiger partial charge in [-0.3, -0.25) is 0 Å². The zero-order valence-corrected chi connectivity index (χ0v) is 8.40. The maximum absolute atomic E-state index is 10.9. The van der Waals surface area contributed by atoms with E-state index in [-0.39, 0.29) is 22.8 Å². The maximum atomic E-state index is 10.9. The van der Waals surface area contributed by atoms with E-state index in [1.54, 1.807) is 0 Å². The van der Waals surface area contributed by atoms with E-state index in [2.05, 4.69) is 19.9 Å². The molecule has 0 aromatic carbocycles. The van der Waals surface area contributed by atoms with Gasteiger partial charge in [-0.2, -0.15) is 5.26 Å². The molecule has 0 fully saturated rings. The van der Waals surface area contributed by atoms with Crippen molar-refractivity contribution < 1.29 is 9.90 Å². The molecule has 0 saturated heterocycles. The summed E-state index contributed by atoms with van der Waals surface area (Å²) < 4.78 is 0. The Labute approximate surface area is 95.4 Å². The van der Waals surface area contributed by atoms with Crippen molar-refractivity contribution in [2.75, 3.05) is 0 Å². The second kappa shape index (κ2) is 4.32. The SMILES string of the molecule is N#Cc1cnc(-c2nccnc2C(=O)O)nc1. The Hall–Kier alpha value is -2.88. The number of nitriles is 1. The minimum atomic E-state index is -1.21. The standard InChI is InChI=1S/C10H5N5O2/c11-3-6-4-14-9(15-5-6)7-8(10(16)17)13-2-1-12-7/h1-2,4-5H,(H,16,17). The second-order valence-corrected chi connectivity index (χ2v) is 2.97. The normalized spacial score (nSPS) is 9.59. The van der Waals surface area contributed by atoms with Gasteiger partial charge in [-0.25, -0.2) is 24.7 Å². The third-order valence-electron chi connectivity index (χ3n) is 1.89. The molecule has 0 aliphatic rings. The molecule has 0 spiro atoms. The fraction of sp³-hybridized carbons (Fsp3) is 0. The summed E-state index contributed by atoms with van der Waals surface area (Å²) in [4.78, 5) is 26.2. The molecule has 0 aliphatic heterocycles. The van der Waals surface area contributed by atoms with Crippen LogP contribution in [0.25, 0.3) is 11.5 Å². The molecule has 0 radical (unpaired) electrons. The van der Waals surface area contributed by atoms with Gasteiger partial charge in [0.05, 0.1) is 5.56 Å². The number of carboxylic acids is 1. The lowest BCUT2D eigenvalue weighted by Gasteiger charge is -2.01. The first-order chi connectivity index (χ1) is 8.22. The van der Waals surface area contributed by atoms with Crippen LogP contribution >= 0.6 is 0 Å². The van der Waals surface area contributed by atoms with Crippen molar-refractivity contribution >= 4 is 5.97 Å². The van der Waals surface area contributed by atoms with Gasteiger partial charge in [0.2, 0.25) is 0 Å². The summed E-state index contributed by atoms with van der Waals surface area (Å²) in [5.41, 5.74) is 0.135. The van der Waals surface area contributed by atoms with Crippen molar-refractivity contribution in [1.82, 2.24) is 19.9 Å². The molecule has 0 aliphatic carbocycles. The number of carbonyl (C=O) groups is 1. The summed E-state index contributed by atoms with van der Waals surface area (Å²) in [6, 6.07) is 1.87. The molecule has 0 unspecified atom stereocenters. The highest BCUT2D eigenvalue weighted by Crippen LogP contribution is 2.14. The molecule has 82 valence electrons. The van der Waals surface area contributed by atoms with Gasteiger partial charge in [-0.05, 0) is 0 Å². The van der Waals surface area contributed by atoms with Gasteiger partial charge in [0.25, 0.3) is 0 Å². The highest BCUT2D eigenvalue weighted by molar-refractivity contribution is 5.91. The van der Waals surface area contributed by atoms with Crippen LogP contribution in [0.2, 0.25) is 0 Å². The quantitative estimate of drug-likeness (QED) is 0.794. The summed E-state index contributed by atoms with van der Waals surface area (Å²) in [5.74, 6) is -1.09. The number of aromatic nitrogens is 4. The molecule has 0 amide bonds. The van der Waals surface area contributed by atoms with Crippen LogP contribution in [-0.4, -0.2) is 31.0 Å². The molecule has 1 N–H and O–H groups in total. The van der Waals surface area contributed by atoms with Crippen molar-refractivity contribution in [3.8, 4) is 17.6 Å². The monoisotopic (exact) mass is 227 g/mol. The largest absolute Gasteiger partial charge is 0.476 e. The molecular formula is C10H5N5O2. The molecule has 0 atom stereocenters. The van der Waals surface area contributed by atoms with E-state index < -0.39 is 5.97 Å². The third-order valence-corrected chi connectivity index (χ3v) is 1.89. The minimum Gasteiger partial charge on any atom is -0.476 e. The Bertz CT molecular complexity index is 603. The van der Waals surface area contributed by atoms with E-state index in [0.717, 1.165) is 0 Å². The van der Waals surface area contributed by atoms with Crippen LogP contribution < -0.4 is 0 Å². The molecular weight excluding hydrogens is 222 g/mol. The molecule has 0 saturated carbocycles. The van der Waals surface area contributed by atoms with Gasteiger partial charge in [-0.15, -0.1) is 0 Å². The highest BCUT2D eigenvalue weighted by Gasteiger charge is 2.16. The molecule has 2 heterocycles. The van der Waals surface area contributed by atoms with Crippen LogP contribution in [0, 0.1) is 11.3 Å². The van der Waals surface area contributed by atoms with Crippen molar-refractivity contribution in [2.24, 2.45) is 0 Å². The third kappa shape index (κ3) is 2.05. The number of hydrogen-bond donors (Lipinski definition) is 1. The van der Waals surface area contributed by atoms with Gasteiger partial charge in [0.1, 0.15) is 11.8 Å². The number of nitrogens with zero attached hydrogens (tertiary/aromatic N) is 5. The second-order valence-electron chi connectivity index (χ2n) is 2.97. The lowest BCUT2D eigenvalue weighted by Crippen LogP contribution is -2.06. The molecule has 7 nitrogen and oxygen atoms in total. The zero-order chi connectivity index (χ0) is 12.3. The smallest absolute Gasteiger partial charge is 0.356 e. The van der Waals surface area contributed by atoms with Gasteiger partial charge >= 0.3 is 5.97 Å². The molecule has 7 heteroatoms. The number of rotatable bonds is 2. The van der Waals surface area contributed by atoms with E-state index >= 15 is 0 Å². The summed E-state index contributed by atoms with van der Waals surface area (Å²) >= 11 is 0. The van der Waals surface area contributed by atoms with Crippen LogP contribution in [0.4, 0.5) is 0 Å². The van der Waals surface area contributed by atoms with Crippen LogP contribution in [0.3, 0.4) is 0 Å². The Morgan fingerprint density at radius 3 is 2.41 bits per heavy atom. The van der Waals surface area contributed by atoms with Crippen molar-refractivity contribution in [3.05, 3.63) is 36.0 Å². The lowest BCUT2D eigenvalue weighted by atomic mass is 10.2. The lowest BCUT2D eigenvalue weighted by molar-refractivity contribution is 0.0691. The first kappa shape index (κ1) is 10.6. The summed E-state index contributed by atoms with van der Waals surface area (Å²) in [7, 11) is 0. The fourth-order valence-corrected chi connectivity index (χ4v) is 1.17. The molecule has 2 aromatic heterocycles. The molecule has 0 bridgehead atoms. The Balaban J connectivity index is 2.53. The van der Waals surface area contributed by atoms with Crippen LogP contribution in [0.15, 0.2) is 24.8 Å². The van der Waals surface area contributed by atoms with Gasteiger partial charge in [0, 0.05) is 24.8 Å². The van der Waals surface area contributed by atoms with E-state index in [1.807, 2.05) is 6.07 Å².